The van der Waals surface area contributed by atoms with Crippen LogP contribution in [0.2, 0.25) is 0 Å². The number of aromatic amines is 1. The van der Waals surface area contributed by atoms with Gasteiger partial charge in [-0.1, -0.05) is 6.07 Å². The molecule has 0 saturated carbocycles. The molecule has 7 nitrogen and oxygen atoms in total. The molecule has 0 saturated heterocycles. The maximum atomic E-state index is 11.2. The van der Waals surface area contributed by atoms with Crippen LogP contribution in [0.3, 0.4) is 0 Å². The standard InChI is InChI=1S/C12H8N4O3/c17-12(18)8-4-3-7(11-13-15-16-14-11)6-9(8)10-2-1-5-19-10/h1-6H,(H,17,18)(H,13,14,15,16). The van der Waals surface area contributed by atoms with Crippen LogP contribution >= 0.6 is 0 Å². The van der Waals surface area contributed by atoms with E-state index in [1.807, 2.05) is 0 Å². The summed E-state index contributed by atoms with van der Waals surface area (Å²) in [5.74, 6) is -0.154. The van der Waals surface area contributed by atoms with E-state index in [1.165, 1.54) is 12.3 Å². The largest absolute Gasteiger partial charge is 0.478 e. The lowest BCUT2D eigenvalue weighted by atomic mass is 10.0. The predicted octanol–water partition coefficient (Wildman–Crippen LogP) is 1.82. The third-order valence-electron chi connectivity index (χ3n) is 2.64. The molecule has 94 valence electrons. The van der Waals surface area contributed by atoms with Crippen LogP contribution in [-0.2, 0) is 0 Å². The molecule has 0 amide bonds. The van der Waals surface area contributed by atoms with E-state index >= 15 is 0 Å². The van der Waals surface area contributed by atoms with Crippen LogP contribution in [0.5, 0.6) is 0 Å². The van der Waals surface area contributed by atoms with Gasteiger partial charge in [-0.25, -0.2) is 4.79 Å². The first-order chi connectivity index (χ1) is 9.25. The SMILES string of the molecule is O=C(O)c1ccc(-c2nn[nH]n2)cc1-c1ccco1. The van der Waals surface area contributed by atoms with E-state index in [0.717, 1.165) is 0 Å². The maximum absolute atomic E-state index is 11.2. The van der Waals surface area contributed by atoms with Crippen molar-refractivity contribution in [3.8, 4) is 22.7 Å². The summed E-state index contributed by atoms with van der Waals surface area (Å²) >= 11 is 0. The summed E-state index contributed by atoms with van der Waals surface area (Å²) in [7, 11) is 0. The van der Waals surface area contributed by atoms with Crippen molar-refractivity contribution in [1.29, 1.82) is 0 Å². The highest BCUT2D eigenvalue weighted by atomic mass is 16.4. The van der Waals surface area contributed by atoms with Crippen molar-refractivity contribution in [2.24, 2.45) is 0 Å². The Morgan fingerprint density at radius 3 is 2.84 bits per heavy atom. The smallest absolute Gasteiger partial charge is 0.336 e. The number of nitrogens with one attached hydrogen (secondary N) is 1. The molecule has 7 heteroatoms. The quantitative estimate of drug-likeness (QED) is 0.740. The van der Waals surface area contributed by atoms with E-state index < -0.39 is 5.97 Å². The van der Waals surface area contributed by atoms with Gasteiger partial charge < -0.3 is 9.52 Å². The average molecular weight is 256 g/mol. The molecule has 0 atom stereocenters. The van der Waals surface area contributed by atoms with E-state index in [2.05, 4.69) is 20.6 Å². The minimum Gasteiger partial charge on any atom is -0.478 e. The second-order valence-corrected chi connectivity index (χ2v) is 3.78. The van der Waals surface area contributed by atoms with E-state index in [4.69, 9.17) is 4.42 Å². The molecule has 0 aliphatic heterocycles. The average Bonchev–Trinajstić information content (AvgIpc) is 3.11. The van der Waals surface area contributed by atoms with Crippen LogP contribution in [-0.4, -0.2) is 31.7 Å². The Hall–Kier alpha value is -2.96. The molecular formula is C12H8N4O3. The number of carbonyl (C=O) groups is 1. The van der Waals surface area contributed by atoms with Gasteiger partial charge in [0.25, 0.3) is 0 Å². The minimum atomic E-state index is -1.02. The van der Waals surface area contributed by atoms with Crippen molar-refractivity contribution in [1.82, 2.24) is 20.6 Å². The van der Waals surface area contributed by atoms with Gasteiger partial charge in [0.15, 0.2) is 0 Å². The Labute approximate surface area is 106 Å². The van der Waals surface area contributed by atoms with E-state index in [1.54, 1.807) is 24.3 Å². The van der Waals surface area contributed by atoms with Crippen LogP contribution in [0.15, 0.2) is 41.0 Å². The molecule has 3 rings (SSSR count). The van der Waals surface area contributed by atoms with Gasteiger partial charge in [-0.05, 0) is 29.5 Å². The van der Waals surface area contributed by atoms with Gasteiger partial charge in [0, 0.05) is 11.1 Å². The molecule has 2 aromatic heterocycles. The fourth-order valence-electron chi connectivity index (χ4n) is 1.79. The Balaban J connectivity index is 2.18. The van der Waals surface area contributed by atoms with Crippen LogP contribution in [0, 0.1) is 0 Å². The summed E-state index contributed by atoms with van der Waals surface area (Å²) in [4.78, 5) is 11.2. The van der Waals surface area contributed by atoms with E-state index in [0.29, 0.717) is 22.7 Å². The fourth-order valence-corrected chi connectivity index (χ4v) is 1.79. The van der Waals surface area contributed by atoms with Crippen LogP contribution in [0.1, 0.15) is 10.4 Å². The van der Waals surface area contributed by atoms with Crippen LogP contribution in [0.4, 0.5) is 0 Å². The Bertz CT molecular complexity index is 705. The number of hydrogen-bond acceptors (Lipinski definition) is 5. The maximum Gasteiger partial charge on any atom is 0.336 e. The molecule has 2 heterocycles. The second-order valence-electron chi connectivity index (χ2n) is 3.78. The van der Waals surface area contributed by atoms with Crippen LogP contribution in [0.25, 0.3) is 22.7 Å². The Morgan fingerprint density at radius 1 is 1.32 bits per heavy atom. The zero-order chi connectivity index (χ0) is 13.2. The molecule has 0 unspecified atom stereocenters. The van der Waals surface area contributed by atoms with Crippen molar-refractivity contribution in [3.63, 3.8) is 0 Å². The highest BCUT2D eigenvalue weighted by Crippen LogP contribution is 2.28. The molecule has 0 radical (unpaired) electrons. The number of rotatable bonds is 3. The van der Waals surface area contributed by atoms with Crippen LogP contribution < -0.4 is 0 Å². The number of carboxylic acids is 1. The minimum absolute atomic E-state index is 0.155. The van der Waals surface area contributed by atoms with Crippen molar-refractivity contribution < 1.29 is 14.3 Å². The molecule has 2 N–H and O–H groups in total. The number of aromatic nitrogens is 4. The number of aromatic carboxylic acids is 1. The zero-order valence-corrected chi connectivity index (χ0v) is 9.57. The summed E-state index contributed by atoms with van der Waals surface area (Å²) in [5, 5.41) is 22.7. The number of tetrazole rings is 1. The van der Waals surface area contributed by atoms with E-state index in [9.17, 15) is 9.90 Å². The van der Waals surface area contributed by atoms with Gasteiger partial charge in [-0.15, -0.1) is 10.2 Å². The van der Waals surface area contributed by atoms with Gasteiger partial charge >= 0.3 is 5.97 Å². The summed E-state index contributed by atoms with van der Waals surface area (Å²) in [6.45, 7) is 0. The summed E-state index contributed by atoms with van der Waals surface area (Å²) in [6.07, 6.45) is 1.49. The Morgan fingerprint density at radius 2 is 2.21 bits per heavy atom. The molecule has 0 bridgehead atoms. The molecule has 19 heavy (non-hydrogen) atoms. The van der Waals surface area contributed by atoms with Crippen molar-refractivity contribution in [2.75, 3.05) is 0 Å². The van der Waals surface area contributed by atoms with Gasteiger partial charge in [0.1, 0.15) is 5.76 Å². The zero-order valence-electron chi connectivity index (χ0n) is 9.57. The molecule has 3 aromatic rings. The molecule has 0 spiro atoms. The monoisotopic (exact) mass is 256 g/mol. The summed E-state index contributed by atoms with van der Waals surface area (Å²) in [6, 6.07) is 8.17. The molecule has 0 fully saturated rings. The molecule has 0 aliphatic carbocycles. The first kappa shape index (κ1) is 11.1. The summed E-state index contributed by atoms with van der Waals surface area (Å²) in [5.41, 5.74) is 1.28. The molecule has 0 aliphatic rings. The second kappa shape index (κ2) is 4.37. The normalized spacial score (nSPS) is 10.5. The number of furan rings is 1. The number of benzene rings is 1. The number of hydrogen-bond donors (Lipinski definition) is 2. The van der Waals surface area contributed by atoms with Gasteiger partial charge in [-0.2, -0.15) is 5.21 Å². The Kier molecular flexibility index (Phi) is 2.57. The van der Waals surface area contributed by atoms with Gasteiger partial charge in [0.2, 0.25) is 5.82 Å². The van der Waals surface area contributed by atoms with Crippen molar-refractivity contribution >= 4 is 5.97 Å². The number of nitrogens with zero attached hydrogens (tertiary/aromatic N) is 3. The third-order valence-corrected chi connectivity index (χ3v) is 2.64. The van der Waals surface area contributed by atoms with Crippen molar-refractivity contribution in [2.45, 2.75) is 0 Å². The van der Waals surface area contributed by atoms with Gasteiger partial charge in [0.05, 0.1) is 11.8 Å². The first-order valence-electron chi connectivity index (χ1n) is 5.41. The lowest BCUT2D eigenvalue weighted by Gasteiger charge is -2.04. The lowest BCUT2D eigenvalue weighted by Crippen LogP contribution is -1.99. The number of H-pyrrole nitrogens is 1. The van der Waals surface area contributed by atoms with Crippen molar-refractivity contribution in [3.05, 3.63) is 42.2 Å². The highest BCUT2D eigenvalue weighted by Gasteiger charge is 2.16. The predicted molar refractivity (Wildman–Crippen MR) is 64.3 cm³/mol. The first-order valence-corrected chi connectivity index (χ1v) is 5.41. The lowest BCUT2D eigenvalue weighted by molar-refractivity contribution is 0.0697. The van der Waals surface area contributed by atoms with E-state index in [-0.39, 0.29) is 5.56 Å². The third kappa shape index (κ3) is 1.97. The van der Waals surface area contributed by atoms with Gasteiger partial charge in [-0.3, -0.25) is 0 Å². The molecule has 1 aromatic carbocycles. The number of carboxylic acid groups (broad SMARTS) is 1. The molecular weight excluding hydrogens is 248 g/mol. The highest BCUT2D eigenvalue weighted by molar-refractivity contribution is 5.96. The topological polar surface area (TPSA) is 105 Å². The fraction of sp³-hybridized carbons (Fsp3) is 0. The summed E-state index contributed by atoms with van der Waals surface area (Å²) < 4.78 is 5.26.